The van der Waals surface area contributed by atoms with Gasteiger partial charge < -0.3 is 4.74 Å². The van der Waals surface area contributed by atoms with Crippen molar-refractivity contribution in [3.05, 3.63) is 45.9 Å². The normalized spacial score (nSPS) is 10.8. The van der Waals surface area contributed by atoms with E-state index in [0.29, 0.717) is 24.4 Å². The van der Waals surface area contributed by atoms with Crippen LogP contribution in [0.1, 0.15) is 21.6 Å². The number of rotatable bonds is 6. The molecule has 5 heteroatoms. The lowest BCUT2D eigenvalue weighted by Crippen LogP contribution is -2.26. The number of likely N-dealkylation sites (N-methyl/N-ethyl adjacent to an activating group) is 1. The number of methoxy groups -OCH3 is 1. The Morgan fingerprint density at radius 2 is 2.25 bits per heavy atom. The molecule has 0 saturated carbocycles. The molecule has 0 unspecified atom stereocenters. The number of ketones is 1. The lowest BCUT2D eigenvalue weighted by Gasteiger charge is -2.15. The van der Waals surface area contributed by atoms with E-state index in [-0.39, 0.29) is 5.78 Å². The molecule has 1 heterocycles. The first-order chi connectivity index (χ1) is 9.60. The first-order valence-corrected chi connectivity index (χ1v) is 7.28. The fourth-order valence-corrected chi connectivity index (χ4v) is 2.56. The summed E-state index contributed by atoms with van der Waals surface area (Å²) in [5, 5.41) is 1.99. The zero-order valence-corrected chi connectivity index (χ0v) is 12.7. The van der Waals surface area contributed by atoms with Crippen LogP contribution in [0.4, 0.5) is 0 Å². The van der Waals surface area contributed by atoms with Crippen LogP contribution in [0.15, 0.2) is 29.1 Å². The Hall–Kier alpha value is -1.72. The summed E-state index contributed by atoms with van der Waals surface area (Å²) in [5.74, 6) is 0.691. The number of hydrogen-bond acceptors (Lipinski definition) is 5. The van der Waals surface area contributed by atoms with Crippen molar-refractivity contribution < 1.29 is 9.53 Å². The third kappa shape index (κ3) is 3.65. The highest BCUT2D eigenvalue weighted by atomic mass is 32.1. The molecule has 4 nitrogen and oxygen atoms in total. The predicted molar refractivity (Wildman–Crippen MR) is 80.5 cm³/mol. The Balaban J connectivity index is 2.04. The molecule has 1 aromatic heterocycles. The second-order valence-electron chi connectivity index (χ2n) is 4.78. The topological polar surface area (TPSA) is 42.4 Å². The number of nitrogens with zero attached hydrogens (tertiary/aromatic N) is 2. The molecule has 0 radical (unpaired) electrons. The summed E-state index contributed by atoms with van der Waals surface area (Å²) in [7, 11) is 3.50. The van der Waals surface area contributed by atoms with Gasteiger partial charge in [-0.1, -0.05) is 6.07 Å². The van der Waals surface area contributed by atoms with Crippen LogP contribution in [0.5, 0.6) is 5.75 Å². The standard InChI is InChI=1S/C15H18N2O2S/c1-11-4-5-13(15(6-11)19-3)14(18)8-17(2)7-12-9-20-10-16-12/h4-6,9-10H,7-8H2,1-3H3. The molecule has 0 saturated heterocycles. The summed E-state index contributed by atoms with van der Waals surface area (Å²) in [6.45, 7) is 2.99. The fraction of sp³-hybridized carbons (Fsp3) is 0.333. The molecular weight excluding hydrogens is 272 g/mol. The molecule has 2 aromatic rings. The van der Waals surface area contributed by atoms with E-state index in [1.54, 1.807) is 24.0 Å². The Morgan fingerprint density at radius 1 is 1.45 bits per heavy atom. The SMILES string of the molecule is COc1cc(C)ccc1C(=O)CN(C)Cc1cscn1. The highest BCUT2D eigenvalue weighted by molar-refractivity contribution is 7.07. The van der Waals surface area contributed by atoms with Gasteiger partial charge in [-0.05, 0) is 31.7 Å². The predicted octanol–water partition coefficient (Wildman–Crippen LogP) is 2.77. The second-order valence-corrected chi connectivity index (χ2v) is 5.50. The van der Waals surface area contributed by atoms with E-state index in [4.69, 9.17) is 4.74 Å². The van der Waals surface area contributed by atoms with E-state index < -0.39 is 0 Å². The molecule has 1 aromatic carbocycles. The Bertz CT molecular complexity index is 582. The maximum absolute atomic E-state index is 12.3. The number of aryl methyl sites for hydroxylation is 1. The van der Waals surface area contributed by atoms with E-state index >= 15 is 0 Å². The van der Waals surface area contributed by atoms with Crippen molar-refractivity contribution in [3.8, 4) is 5.75 Å². The van der Waals surface area contributed by atoms with Gasteiger partial charge in [-0.2, -0.15) is 0 Å². The molecule has 0 bridgehead atoms. The highest BCUT2D eigenvalue weighted by Crippen LogP contribution is 2.20. The van der Waals surface area contributed by atoms with Crippen LogP contribution >= 0.6 is 11.3 Å². The van der Waals surface area contributed by atoms with Crippen molar-refractivity contribution in [3.63, 3.8) is 0 Å². The van der Waals surface area contributed by atoms with E-state index in [9.17, 15) is 4.79 Å². The van der Waals surface area contributed by atoms with Gasteiger partial charge in [-0.25, -0.2) is 4.98 Å². The van der Waals surface area contributed by atoms with Crippen molar-refractivity contribution in [2.45, 2.75) is 13.5 Å². The van der Waals surface area contributed by atoms with Crippen LogP contribution in [0, 0.1) is 6.92 Å². The van der Waals surface area contributed by atoms with Gasteiger partial charge in [0.05, 0.1) is 30.4 Å². The number of benzene rings is 1. The Labute approximate surface area is 123 Å². The zero-order valence-electron chi connectivity index (χ0n) is 11.9. The second kappa shape index (κ2) is 6.63. The van der Waals surface area contributed by atoms with Crippen molar-refractivity contribution in [1.29, 1.82) is 0 Å². The number of carbonyl (C=O) groups excluding carboxylic acids is 1. The summed E-state index contributed by atoms with van der Waals surface area (Å²) in [6, 6.07) is 5.64. The molecule has 0 fully saturated rings. The van der Waals surface area contributed by atoms with Crippen molar-refractivity contribution in [1.82, 2.24) is 9.88 Å². The quantitative estimate of drug-likeness (QED) is 0.767. The van der Waals surface area contributed by atoms with Gasteiger partial charge in [0.2, 0.25) is 0 Å². The number of thiazole rings is 1. The third-order valence-corrected chi connectivity index (χ3v) is 3.62. The Morgan fingerprint density at radius 3 is 2.90 bits per heavy atom. The lowest BCUT2D eigenvalue weighted by molar-refractivity contribution is 0.0939. The minimum atomic E-state index is 0.0552. The average molecular weight is 290 g/mol. The molecule has 0 aliphatic carbocycles. The highest BCUT2D eigenvalue weighted by Gasteiger charge is 2.15. The summed E-state index contributed by atoms with van der Waals surface area (Å²) >= 11 is 1.56. The molecule has 20 heavy (non-hydrogen) atoms. The van der Waals surface area contributed by atoms with Gasteiger partial charge in [0.1, 0.15) is 5.75 Å². The first-order valence-electron chi connectivity index (χ1n) is 6.33. The number of carbonyl (C=O) groups is 1. The molecule has 0 spiro atoms. The van der Waals surface area contributed by atoms with Crippen LogP contribution in [0.3, 0.4) is 0 Å². The Kier molecular flexibility index (Phi) is 4.87. The van der Waals surface area contributed by atoms with E-state index in [1.807, 2.05) is 42.5 Å². The minimum Gasteiger partial charge on any atom is -0.496 e. The van der Waals surface area contributed by atoms with Gasteiger partial charge in [0, 0.05) is 11.9 Å². The number of hydrogen-bond donors (Lipinski definition) is 0. The molecule has 0 atom stereocenters. The van der Waals surface area contributed by atoms with Gasteiger partial charge in [0.25, 0.3) is 0 Å². The van der Waals surface area contributed by atoms with Crippen molar-refractivity contribution >= 4 is 17.1 Å². The van der Waals surface area contributed by atoms with E-state index in [2.05, 4.69) is 4.98 Å². The fourth-order valence-electron chi connectivity index (χ4n) is 2.01. The van der Waals surface area contributed by atoms with Gasteiger partial charge in [-0.15, -0.1) is 11.3 Å². The number of ether oxygens (including phenoxy) is 1. The largest absolute Gasteiger partial charge is 0.496 e. The smallest absolute Gasteiger partial charge is 0.180 e. The molecule has 2 rings (SSSR count). The molecule has 0 aliphatic rings. The average Bonchev–Trinajstić information content (AvgIpc) is 2.90. The number of Topliss-reactive ketones (excluding diaryl/α,β-unsaturated/α-hetero) is 1. The summed E-state index contributed by atoms with van der Waals surface area (Å²) in [5.41, 5.74) is 4.49. The molecule has 0 aliphatic heterocycles. The van der Waals surface area contributed by atoms with Gasteiger partial charge >= 0.3 is 0 Å². The minimum absolute atomic E-state index is 0.0552. The van der Waals surface area contributed by atoms with Crippen LogP contribution in [-0.4, -0.2) is 36.4 Å². The summed E-state index contributed by atoms with van der Waals surface area (Å²) < 4.78 is 5.28. The van der Waals surface area contributed by atoms with E-state index in [1.165, 1.54) is 0 Å². The van der Waals surface area contributed by atoms with Gasteiger partial charge in [0.15, 0.2) is 5.78 Å². The summed E-state index contributed by atoms with van der Waals surface area (Å²) in [4.78, 5) is 18.5. The molecule has 0 amide bonds. The van der Waals surface area contributed by atoms with Crippen LogP contribution in [-0.2, 0) is 6.54 Å². The van der Waals surface area contributed by atoms with Crippen molar-refractivity contribution in [2.75, 3.05) is 20.7 Å². The maximum Gasteiger partial charge on any atom is 0.180 e. The maximum atomic E-state index is 12.3. The van der Waals surface area contributed by atoms with Crippen molar-refractivity contribution in [2.24, 2.45) is 0 Å². The molecular formula is C15H18N2O2S. The lowest BCUT2D eigenvalue weighted by atomic mass is 10.1. The summed E-state index contributed by atoms with van der Waals surface area (Å²) in [6.07, 6.45) is 0. The third-order valence-electron chi connectivity index (χ3n) is 2.99. The molecule has 0 N–H and O–H groups in total. The van der Waals surface area contributed by atoms with Crippen LogP contribution in [0.25, 0.3) is 0 Å². The van der Waals surface area contributed by atoms with E-state index in [0.717, 1.165) is 11.3 Å². The number of aromatic nitrogens is 1. The monoisotopic (exact) mass is 290 g/mol. The van der Waals surface area contributed by atoms with Gasteiger partial charge in [-0.3, -0.25) is 9.69 Å². The first kappa shape index (κ1) is 14.7. The van der Waals surface area contributed by atoms with Crippen LogP contribution < -0.4 is 4.74 Å². The molecule has 106 valence electrons. The zero-order chi connectivity index (χ0) is 14.5. The van der Waals surface area contributed by atoms with Crippen LogP contribution in [0.2, 0.25) is 0 Å².